The van der Waals surface area contributed by atoms with E-state index in [-0.39, 0.29) is 0 Å². The van der Waals surface area contributed by atoms with Gasteiger partial charge in [0.1, 0.15) is 54.3 Å². The van der Waals surface area contributed by atoms with Crippen molar-refractivity contribution in [3.63, 3.8) is 0 Å². The molecule has 0 aliphatic heterocycles. The SMILES string of the molecule is CCOCCOc1c(C)cc(OB(Oc2cc(C)c(OCCOCC)c(C)c2)Oc2cc(C)c(OCCOCC)c(C)c2)cc1C. The highest BCUT2D eigenvalue weighted by atomic mass is 16.7. The molecule has 0 fully saturated rings. The molecule has 0 aliphatic rings. The predicted octanol–water partition coefficient (Wildman–Crippen LogP) is 7.30. The quantitative estimate of drug-likeness (QED) is 0.0882. The number of benzene rings is 3. The molecular weight excluding hydrogens is 587 g/mol. The third kappa shape index (κ3) is 11.3. The van der Waals surface area contributed by atoms with E-state index in [4.69, 9.17) is 42.4 Å². The minimum absolute atomic E-state index is 0.471. The fourth-order valence-electron chi connectivity index (χ4n) is 5.07. The van der Waals surface area contributed by atoms with E-state index in [1.165, 1.54) is 0 Å². The van der Waals surface area contributed by atoms with Gasteiger partial charge in [-0.25, -0.2) is 0 Å². The molecule has 0 aromatic heterocycles. The first-order chi connectivity index (χ1) is 22.2. The minimum atomic E-state index is -1.10. The zero-order valence-electron chi connectivity index (χ0n) is 29.1. The van der Waals surface area contributed by atoms with E-state index < -0.39 is 7.32 Å². The van der Waals surface area contributed by atoms with Crippen LogP contribution in [-0.4, -0.2) is 66.8 Å². The first-order valence-electron chi connectivity index (χ1n) is 16.1. The smallest absolute Gasteiger partial charge is 0.491 e. The van der Waals surface area contributed by atoms with E-state index in [0.717, 1.165) is 50.6 Å². The largest absolute Gasteiger partial charge is 0.864 e. The van der Waals surface area contributed by atoms with E-state index in [2.05, 4.69) is 0 Å². The number of ether oxygens (including phenoxy) is 6. The van der Waals surface area contributed by atoms with Gasteiger partial charge < -0.3 is 42.4 Å². The van der Waals surface area contributed by atoms with Crippen LogP contribution in [0.5, 0.6) is 34.5 Å². The molecule has 0 bridgehead atoms. The molecule has 3 rings (SSSR count). The summed E-state index contributed by atoms with van der Waals surface area (Å²) in [5, 5.41) is 0. The highest BCUT2D eigenvalue weighted by Gasteiger charge is 2.32. The molecule has 0 aliphatic carbocycles. The molecule has 0 saturated carbocycles. The summed E-state index contributed by atoms with van der Waals surface area (Å²) in [5.41, 5.74) is 5.62. The third-order valence-corrected chi connectivity index (χ3v) is 7.03. The average molecular weight is 639 g/mol. The fraction of sp³-hybridized carbons (Fsp3) is 0.500. The number of rotatable bonds is 21. The molecule has 0 saturated heterocycles. The summed E-state index contributed by atoms with van der Waals surface area (Å²) < 4.78 is 53.3. The first kappa shape index (κ1) is 36.9. The summed E-state index contributed by atoms with van der Waals surface area (Å²) in [4.78, 5) is 0. The summed E-state index contributed by atoms with van der Waals surface area (Å²) in [6.45, 7) is 22.8. The van der Waals surface area contributed by atoms with Gasteiger partial charge in [0.25, 0.3) is 0 Å². The molecule has 3 aromatic rings. The molecule has 3 aromatic carbocycles. The Morgan fingerprint density at radius 2 is 0.630 bits per heavy atom. The van der Waals surface area contributed by atoms with Crippen LogP contribution in [0.1, 0.15) is 54.2 Å². The number of aryl methyl sites for hydroxylation is 6. The second-order valence-corrected chi connectivity index (χ2v) is 10.9. The van der Waals surface area contributed by atoms with Gasteiger partial charge in [-0.1, -0.05) is 0 Å². The zero-order valence-corrected chi connectivity index (χ0v) is 29.1. The monoisotopic (exact) mass is 638 g/mol. The highest BCUT2D eigenvalue weighted by molar-refractivity contribution is 6.39. The second-order valence-electron chi connectivity index (χ2n) is 10.9. The van der Waals surface area contributed by atoms with Crippen LogP contribution in [0.4, 0.5) is 0 Å². The van der Waals surface area contributed by atoms with Crippen molar-refractivity contribution in [1.82, 2.24) is 0 Å². The Morgan fingerprint density at radius 3 is 0.848 bits per heavy atom. The topological polar surface area (TPSA) is 83.1 Å². The molecule has 10 heteroatoms. The van der Waals surface area contributed by atoms with Crippen molar-refractivity contribution in [2.75, 3.05) is 59.5 Å². The average Bonchev–Trinajstić information content (AvgIpc) is 2.99. The van der Waals surface area contributed by atoms with Gasteiger partial charge in [-0.15, -0.1) is 0 Å². The molecule has 252 valence electrons. The Labute approximate surface area is 275 Å². The Kier molecular flexibility index (Phi) is 15.4. The van der Waals surface area contributed by atoms with Gasteiger partial charge in [0, 0.05) is 19.8 Å². The maximum Gasteiger partial charge on any atom is 0.864 e. The molecular formula is C36H51BO9. The van der Waals surface area contributed by atoms with Crippen molar-refractivity contribution in [1.29, 1.82) is 0 Å². The minimum Gasteiger partial charge on any atom is -0.491 e. The molecule has 9 nitrogen and oxygen atoms in total. The molecule has 0 amide bonds. The Balaban J connectivity index is 1.86. The van der Waals surface area contributed by atoms with Crippen molar-refractivity contribution in [3.8, 4) is 34.5 Å². The van der Waals surface area contributed by atoms with Crippen LogP contribution in [0.15, 0.2) is 36.4 Å². The summed E-state index contributed by atoms with van der Waals surface area (Å²) in [6, 6.07) is 11.5. The predicted molar refractivity (Wildman–Crippen MR) is 181 cm³/mol. The van der Waals surface area contributed by atoms with Crippen molar-refractivity contribution in [3.05, 3.63) is 69.8 Å². The number of hydrogen-bond acceptors (Lipinski definition) is 9. The maximum atomic E-state index is 6.37. The van der Waals surface area contributed by atoms with Gasteiger partial charge in [0.15, 0.2) is 0 Å². The lowest BCUT2D eigenvalue weighted by Gasteiger charge is -2.21. The molecule has 0 spiro atoms. The number of hydrogen-bond donors (Lipinski definition) is 0. The first-order valence-corrected chi connectivity index (χ1v) is 16.1. The summed E-state index contributed by atoms with van der Waals surface area (Å²) in [5.74, 6) is 4.19. The Morgan fingerprint density at radius 1 is 0.391 bits per heavy atom. The molecule has 0 N–H and O–H groups in total. The normalized spacial score (nSPS) is 10.9. The Hall–Kier alpha value is -3.60. The van der Waals surface area contributed by atoms with E-state index in [1.807, 2.05) is 98.7 Å². The molecule has 0 atom stereocenters. The Bertz CT molecular complexity index is 1140. The van der Waals surface area contributed by atoms with Crippen molar-refractivity contribution in [2.45, 2.75) is 62.3 Å². The van der Waals surface area contributed by atoms with Gasteiger partial charge in [0.05, 0.1) is 19.8 Å². The van der Waals surface area contributed by atoms with Gasteiger partial charge in [-0.2, -0.15) is 0 Å². The van der Waals surface area contributed by atoms with Crippen LogP contribution in [0, 0.1) is 41.5 Å². The molecule has 0 radical (unpaired) electrons. The van der Waals surface area contributed by atoms with E-state index in [1.54, 1.807) is 0 Å². The molecule has 0 heterocycles. The van der Waals surface area contributed by atoms with E-state index in [0.29, 0.717) is 76.7 Å². The molecule has 46 heavy (non-hydrogen) atoms. The third-order valence-electron chi connectivity index (χ3n) is 7.03. The van der Waals surface area contributed by atoms with Gasteiger partial charge in [0.2, 0.25) is 0 Å². The van der Waals surface area contributed by atoms with E-state index >= 15 is 0 Å². The van der Waals surface area contributed by atoms with Crippen LogP contribution >= 0.6 is 0 Å². The van der Waals surface area contributed by atoms with E-state index in [9.17, 15) is 0 Å². The van der Waals surface area contributed by atoms with Crippen molar-refractivity contribution < 1.29 is 42.4 Å². The standard InChI is InChI=1S/C36H51BO9/c1-10-38-13-16-41-34-25(4)19-31(20-26(34)5)44-37(45-32-21-27(6)35(28(7)22-32)42-17-14-39-11-2)46-33-23-29(8)36(30(9)24-33)43-18-15-40-12-3/h19-24H,10-18H2,1-9H3. The van der Waals surface area contributed by atoms with Crippen LogP contribution in [0.25, 0.3) is 0 Å². The lowest BCUT2D eigenvalue weighted by atomic mass is 10.1. The fourth-order valence-corrected chi connectivity index (χ4v) is 5.07. The summed E-state index contributed by atoms with van der Waals surface area (Å²) in [7, 11) is -1.10. The summed E-state index contributed by atoms with van der Waals surface area (Å²) >= 11 is 0. The van der Waals surface area contributed by atoms with Gasteiger partial charge in [-0.3, -0.25) is 0 Å². The van der Waals surface area contributed by atoms with Crippen molar-refractivity contribution in [2.24, 2.45) is 0 Å². The van der Waals surface area contributed by atoms with Crippen LogP contribution in [-0.2, 0) is 14.2 Å². The van der Waals surface area contributed by atoms with Crippen LogP contribution in [0.2, 0.25) is 0 Å². The summed E-state index contributed by atoms with van der Waals surface area (Å²) in [6.07, 6.45) is 0. The second kappa shape index (κ2) is 19.2. The van der Waals surface area contributed by atoms with Gasteiger partial charge >= 0.3 is 7.32 Å². The van der Waals surface area contributed by atoms with Crippen molar-refractivity contribution >= 4 is 7.32 Å². The van der Waals surface area contributed by atoms with Crippen LogP contribution < -0.4 is 28.2 Å². The van der Waals surface area contributed by atoms with Gasteiger partial charge in [-0.05, 0) is 132 Å². The molecule has 0 unspecified atom stereocenters. The lowest BCUT2D eigenvalue weighted by molar-refractivity contribution is 0.109. The maximum absolute atomic E-state index is 6.37. The van der Waals surface area contributed by atoms with Crippen LogP contribution in [0.3, 0.4) is 0 Å². The zero-order chi connectivity index (χ0) is 33.5. The lowest BCUT2D eigenvalue weighted by Crippen LogP contribution is -2.37. The highest BCUT2D eigenvalue weighted by Crippen LogP contribution is 2.33.